The second-order valence-electron chi connectivity index (χ2n) is 7.63. The number of carbonyl (C=O) groups is 1. The second-order valence-corrected chi connectivity index (χ2v) is 7.63. The van der Waals surface area contributed by atoms with Crippen molar-refractivity contribution >= 4 is 17.7 Å². The molecule has 0 bridgehead atoms. The van der Waals surface area contributed by atoms with Gasteiger partial charge in [0.15, 0.2) is 0 Å². The Hall–Kier alpha value is -2.47. The van der Waals surface area contributed by atoms with E-state index in [1.807, 2.05) is 13.8 Å². The molecule has 0 radical (unpaired) electrons. The number of Topliss-reactive ketones (excluding diaryl/α,β-unsaturated/α-hetero) is 1. The topological polar surface area (TPSA) is 126 Å². The lowest BCUT2D eigenvalue weighted by Crippen LogP contribution is -2.37. The zero-order valence-corrected chi connectivity index (χ0v) is 17.6. The fourth-order valence-electron chi connectivity index (χ4n) is 3.52. The molecular formula is C21H31N5O3. The van der Waals surface area contributed by atoms with E-state index in [2.05, 4.69) is 23.1 Å². The summed E-state index contributed by atoms with van der Waals surface area (Å²) in [5.41, 5.74) is 6.04. The molecule has 2 rings (SSSR count). The number of aliphatic hydroxyl groups is 1. The van der Waals surface area contributed by atoms with E-state index in [0.717, 1.165) is 0 Å². The summed E-state index contributed by atoms with van der Waals surface area (Å²) in [5, 5.41) is 28.0. The summed E-state index contributed by atoms with van der Waals surface area (Å²) in [7, 11) is 1.74. The molecule has 158 valence electrons. The molecule has 0 saturated carbocycles. The van der Waals surface area contributed by atoms with Crippen LogP contribution in [0.4, 0.5) is 0 Å². The van der Waals surface area contributed by atoms with Gasteiger partial charge < -0.3 is 20.9 Å². The summed E-state index contributed by atoms with van der Waals surface area (Å²) < 4.78 is 7.60. The average Bonchev–Trinajstić information content (AvgIpc) is 3.26. The van der Waals surface area contributed by atoms with Gasteiger partial charge in [-0.1, -0.05) is 20.4 Å². The summed E-state index contributed by atoms with van der Waals surface area (Å²) >= 11 is 0. The third-order valence-electron chi connectivity index (χ3n) is 5.35. The van der Waals surface area contributed by atoms with Crippen molar-refractivity contribution in [1.82, 2.24) is 9.99 Å². The molecule has 1 aromatic heterocycles. The maximum atomic E-state index is 12.2. The van der Waals surface area contributed by atoms with E-state index in [0.29, 0.717) is 23.5 Å². The molecule has 4 N–H and O–H groups in total. The summed E-state index contributed by atoms with van der Waals surface area (Å²) in [5.74, 6) is 0.0174. The van der Waals surface area contributed by atoms with E-state index in [-0.39, 0.29) is 24.5 Å². The molecule has 0 amide bonds. The van der Waals surface area contributed by atoms with Crippen LogP contribution in [0.5, 0.6) is 0 Å². The number of aliphatic hydroxyl groups excluding tert-OH is 1. The fraction of sp³-hybridized carbons (Fsp3) is 0.571. The smallest absolute Gasteiger partial charge is 0.222 e. The Kier molecular flexibility index (Phi) is 7.36. The molecule has 0 aliphatic carbocycles. The van der Waals surface area contributed by atoms with Gasteiger partial charge in [0.1, 0.15) is 18.0 Å². The van der Waals surface area contributed by atoms with Crippen LogP contribution in [-0.4, -0.2) is 47.1 Å². The molecule has 29 heavy (non-hydrogen) atoms. The first kappa shape index (κ1) is 22.8. The molecular weight excluding hydrogens is 370 g/mol. The highest BCUT2D eigenvalue weighted by molar-refractivity contribution is 5.84. The van der Waals surface area contributed by atoms with Crippen LogP contribution < -0.4 is 11.1 Å². The van der Waals surface area contributed by atoms with Gasteiger partial charge in [0.2, 0.25) is 5.60 Å². The van der Waals surface area contributed by atoms with Crippen LogP contribution in [0.15, 0.2) is 23.8 Å². The van der Waals surface area contributed by atoms with Crippen LogP contribution in [-0.2, 0) is 15.1 Å². The Labute approximate surface area is 172 Å². The Morgan fingerprint density at radius 1 is 1.62 bits per heavy atom. The number of ether oxygens (including phenoxy) is 1. The van der Waals surface area contributed by atoms with Crippen LogP contribution >= 0.6 is 0 Å². The molecule has 0 spiro atoms. The zero-order valence-electron chi connectivity index (χ0n) is 17.6. The first-order valence-electron chi connectivity index (χ1n) is 9.85. The van der Waals surface area contributed by atoms with Gasteiger partial charge in [-0.2, -0.15) is 10.4 Å². The summed E-state index contributed by atoms with van der Waals surface area (Å²) in [6.45, 7) is 9.51. The molecule has 1 saturated heterocycles. The van der Waals surface area contributed by atoms with Crippen molar-refractivity contribution in [2.45, 2.75) is 63.9 Å². The number of nitrogens with two attached hydrogens (primary N) is 1. The Morgan fingerprint density at radius 2 is 2.31 bits per heavy atom. The second kappa shape index (κ2) is 9.35. The highest BCUT2D eigenvalue weighted by Gasteiger charge is 2.52. The lowest BCUT2D eigenvalue weighted by atomic mass is 9.93. The van der Waals surface area contributed by atoms with Crippen molar-refractivity contribution < 1.29 is 14.6 Å². The Morgan fingerprint density at radius 3 is 2.86 bits per heavy atom. The van der Waals surface area contributed by atoms with Crippen LogP contribution in [0.2, 0.25) is 0 Å². The van der Waals surface area contributed by atoms with Crippen molar-refractivity contribution in [2.24, 2.45) is 16.8 Å². The number of nitrogens with one attached hydrogen (secondary N) is 1. The monoisotopic (exact) mass is 401 g/mol. The first-order chi connectivity index (χ1) is 13.7. The van der Waals surface area contributed by atoms with Crippen molar-refractivity contribution in [1.29, 1.82) is 5.26 Å². The molecule has 2 heterocycles. The molecule has 1 aromatic rings. The van der Waals surface area contributed by atoms with Gasteiger partial charge in [-0.05, 0) is 31.4 Å². The van der Waals surface area contributed by atoms with E-state index in [1.54, 1.807) is 37.0 Å². The highest BCUT2D eigenvalue weighted by Crippen LogP contribution is 2.41. The summed E-state index contributed by atoms with van der Waals surface area (Å²) in [6, 6.07) is 5.10. The molecule has 0 aromatic carbocycles. The van der Waals surface area contributed by atoms with E-state index >= 15 is 0 Å². The van der Waals surface area contributed by atoms with Gasteiger partial charge in [-0.25, -0.2) is 4.68 Å². The number of nitriles is 1. The summed E-state index contributed by atoms with van der Waals surface area (Å²) in [4.78, 5) is 12.2. The minimum absolute atomic E-state index is 0.0425. The molecule has 1 aliphatic rings. The first-order valence-corrected chi connectivity index (χ1v) is 9.85. The number of aromatic nitrogens is 1. The summed E-state index contributed by atoms with van der Waals surface area (Å²) in [6.07, 6.45) is 0.995. The van der Waals surface area contributed by atoms with Crippen LogP contribution in [0.1, 0.15) is 51.4 Å². The van der Waals surface area contributed by atoms with Gasteiger partial charge in [0, 0.05) is 26.1 Å². The number of hydrogen-bond acceptors (Lipinski definition) is 7. The molecule has 8 nitrogen and oxygen atoms in total. The van der Waals surface area contributed by atoms with Crippen molar-refractivity contribution in [3.8, 4) is 6.07 Å². The average molecular weight is 402 g/mol. The highest BCUT2D eigenvalue weighted by atomic mass is 16.5. The van der Waals surface area contributed by atoms with Crippen molar-refractivity contribution in [2.75, 3.05) is 7.05 Å². The maximum absolute atomic E-state index is 12.2. The number of ketones is 1. The van der Waals surface area contributed by atoms with E-state index in [9.17, 15) is 15.2 Å². The van der Waals surface area contributed by atoms with Gasteiger partial charge in [0.25, 0.3) is 0 Å². The predicted molar refractivity (Wildman–Crippen MR) is 112 cm³/mol. The molecule has 2 unspecified atom stereocenters. The van der Waals surface area contributed by atoms with E-state index in [1.165, 1.54) is 0 Å². The number of carbonyl (C=O) groups excluding carboxylic acids is 1. The predicted octanol–water partition coefficient (Wildman–Crippen LogP) is 1.73. The normalized spacial score (nSPS) is 25.3. The third-order valence-corrected chi connectivity index (χ3v) is 5.35. The van der Waals surface area contributed by atoms with Gasteiger partial charge in [-0.3, -0.25) is 4.79 Å². The molecule has 1 aliphatic heterocycles. The quantitative estimate of drug-likeness (QED) is 0.541. The van der Waals surface area contributed by atoms with E-state index < -0.39 is 23.9 Å². The fourth-order valence-corrected chi connectivity index (χ4v) is 3.52. The minimum Gasteiger partial charge on any atom is -0.388 e. The van der Waals surface area contributed by atoms with Crippen molar-refractivity contribution in [3.63, 3.8) is 0 Å². The third kappa shape index (κ3) is 4.42. The van der Waals surface area contributed by atoms with Gasteiger partial charge in [0.05, 0.1) is 29.2 Å². The number of hydrogen-bond donors (Lipinski definition) is 3. The molecule has 8 heteroatoms. The van der Waals surface area contributed by atoms with Crippen LogP contribution in [0.3, 0.4) is 0 Å². The van der Waals surface area contributed by atoms with Crippen LogP contribution in [0.25, 0.3) is 5.70 Å². The standard InChI is InChI=1S/C21H31N5O3/c1-6-25-26-16(14(4)24-5)8-10-18(26)21(12-22)19(28)11-15(29-21)7-9-17(27)20(23)13(2)3/h6,8,10,13,15,19-20,24,28H,4,7,9,11,23H2,1-3,5H3/b25-6-/t15?,19-,20+,21?/m1/s1. The minimum atomic E-state index is -1.58. The lowest BCUT2D eigenvalue weighted by molar-refractivity contribution is -0.122. The number of rotatable bonds is 9. The Balaban J connectivity index is 2.28. The Bertz CT molecular complexity index is 823. The zero-order chi connectivity index (χ0) is 21.8. The number of nitrogens with zero attached hydrogens (tertiary/aromatic N) is 3. The van der Waals surface area contributed by atoms with E-state index in [4.69, 9.17) is 10.5 Å². The molecule has 1 fully saturated rings. The largest absolute Gasteiger partial charge is 0.388 e. The van der Waals surface area contributed by atoms with Gasteiger partial charge in [-0.15, -0.1) is 0 Å². The van der Waals surface area contributed by atoms with Crippen LogP contribution in [0, 0.1) is 17.2 Å². The van der Waals surface area contributed by atoms with Gasteiger partial charge >= 0.3 is 0 Å². The molecule has 4 atom stereocenters. The lowest BCUT2D eigenvalue weighted by Gasteiger charge is -2.26. The maximum Gasteiger partial charge on any atom is 0.222 e. The van der Waals surface area contributed by atoms with Crippen molar-refractivity contribution in [3.05, 3.63) is 30.1 Å². The SMILES string of the molecule is C=C(NC)c1ccc(C2(C#N)OC(CCC(=O)[C@@H](N)C(C)C)C[C@H]2O)n1/N=C\C.